The molecule has 1 aliphatic heterocycles. The molecule has 2 aromatic carbocycles. The van der Waals surface area contributed by atoms with Gasteiger partial charge in [-0.15, -0.1) is 11.8 Å². The zero-order valence-electron chi connectivity index (χ0n) is 15.4. The van der Waals surface area contributed by atoms with Crippen molar-refractivity contribution in [1.29, 1.82) is 0 Å². The number of ether oxygens (including phenoxy) is 1. The van der Waals surface area contributed by atoms with Crippen LogP contribution in [0.4, 0.5) is 10.1 Å². The topological polar surface area (TPSA) is 59.8 Å². The Hall–Kier alpha value is -3.32. The Morgan fingerprint density at radius 1 is 1.03 bits per heavy atom. The normalized spacial score (nSPS) is 14.1. The summed E-state index contributed by atoms with van der Waals surface area (Å²) in [5.74, 6) is 0.207. The Balaban J connectivity index is 1.75. The van der Waals surface area contributed by atoms with E-state index in [1.165, 1.54) is 36.0 Å². The highest BCUT2D eigenvalue weighted by atomic mass is 32.2. The Labute approximate surface area is 170 Å². The van der Waals surface area contributed by atoms with Gasteiger partial charge in [0.25, 0.3) is 11.8 Å². The number of nitrogens with zero attached hydrogens (tertiary/aromatic N) is 1. The first-order chi connectivity index (χ1) is 14.1. The Morgan fingerprint density at radius 3 is 2.48 bits per heavy atom. The molecule has 1 aromatic heterocycles. The number of imide groups is 1. The van der Waals surface area contributed by atoms with Gasteiger partial charge in [0, 0.05) is 0 Å². The highest BCUT2D eigenvalue weighted by Crippen LogP contribution is 2.40. The van der Waals surface area contributed by atoms with Crippen LogP contribution in [0, 0.1) is 5.82 Å². The first kappa shape index (κ1) is 19.0. The van der Waals surface area contributed by atoms with Crippen molar-refractivity contribution in [3.05, 3.63) is 89.0 Å². The number of amides is 2. The minimum atomic E-state index is -0.522. The van der Waals surface area contributed by atoms with E-state index in [0.29, 0.717) is 27.7 Å². The maximum atomic E-state index is 13.7. The maximum Gasteiger partial charge on any atom is 0.272 e. The van der Waals surface area contributed by atoms with Crippen molar-refractivity contribution in [3.8, 4) is 5.75 Å². The lowest BCUT2D eigenvalue weighted by Crippen LogP contribution is -2.31. The zero-order valence-corrected chi connectivity index (χ0v) is 16.2. The number of carbonyl (C=O) groups excluding carboxylic acids is 2. The highest BCUT2D eigenvalue weighted by Gasteiger charge is 2.40. The van der Waals surface area contributed by atoms with Gasteiger partial charge in [-0.2, -0.15) is 0 Å². The minimum absolute atomic E-state index is 0.194. The van der Waals surface area contributed by atoms with Crippen molar-refractivity contribution in [2.24, 2.45) is 0 Å². The fraction of sp³-hybridized carbons (Fsp3) is 0.0909. The van der Waals surface area contributed by atoms with E-state index >= 15 is 0 Å². The summed E-state index contributed by atoms with van der Waals surface area (Å²) in [7, 11) is 1.55. The smallest absolute Gasteiger partial charge is 0.272 e. The van der Waals surface area contributed by atoms with E-state index in [2.05, 4.69) is 0 Å². The Morgan fingerprint density at radius 2 is 1.83 bits per heavy atom. The second-order valence-electron chi connectivity index (χ2n) is 6.23. The fourth-order valence-electron chi connectivity index (χ4n) is 3.04. The van der Waals surface area contributed by atoms with Crippen molar-refractivity contribution in [2.75, 3.05) is 12.0 Å². The fourth-order valence-corrected chi connectivity index (χ4v) is 4.06. The van der Waals surface area contributed by atoms with Gasteiger partial charge < -0.3 is 9.15 Å². The molecule has 2 amide bonds. The van der Waals surface area contributed by atoms with Crippen LogP contribution in [-0.4, -0.2) is 18.9 Å². The number of methoxy groups -OCH3 is 1. The summed E-state index contributed by atoms with van der Waals surface area (Å²) in [6.45, 7) is 0. The van der Waals surface area contributed by atoms with Crippen molar-refractivity contribution in [1.82, 2.24) is 0 Å². The quantitative estimate of drug-likeness (QED) is 0.555. The van der Waals surface area contributed by atoms with Gasteiger partial charge in [0.05, 0.1) is 35.3 Å². The molecule has 5 nitrogen and oxygen atoms in total. The van der Waals surface area contributed by atoms with Crippen molar-refractivity contribution in [2.45, 2.75) is 5.75 Å². The van der Waals surface area contributed by atoms with Crippen LogP contribution in [-0.2, 0) is 15.3 Å². The molecule has 4 rings (SSSR count). The van der Waals surface area contributed by atoms with Gasteiger partial charge in [-0.3, -0.25) is 9.59 Å². The number of thioether (sulfide) groups is 1. The summed E-state index contributed by atoms with van der Waals surface area (Å²) >= 11 is 1.22. The van der Waals surface area contributed by atoms with Crippen LogP contribution in [0.1, 0.15) is 11.3 Å². The van der Waals surface area contributed by atoms with Crippen LogP contribution in [0.15, 0.2) is 76.2 Å². The van der Waals surface area contributed by atoms with Crippen LogP contribution in [0.2, 0.25) is 0 Å². The number of hydrogen-bond acceptors (Lipinski definition) is 5. The number of furan rings is 1. The van der Waals surface area contributed by atoms with Crippen LogP contribution in [0.3, 0.4) is 0 Å². The lowest BCUT2D eigenvalue weighted by molar-refractivity contribution is -0.119. The average molecular weight is 409 g/mol. The standard InChI is InChI=1S/C22H16FNO4S/c1-27-17-9-7-14(8-10-17)19-20(29-13-18-6-3-11-28-18)22(26)24(21(19)25)16-5-2-4-15(23)12-16/h2-12H,13H2,1H3. The van der Waals surface area contributed by atoms with E-state index in [-0.39, 0.29) is 11.3 Å². The van der Waals surface area contributed by atoms with Crippen LogP contribution in [0.5, 0.6) is 5.75 Å². The first-order valence-corrected chi connectivity index (χ1v) is 9.75. The SMILES string of the molecule is COc1ccc(C2=C(SCc3ccco3)C(=O)N(c3cccc(F)c3)C2=O)cc1. The van der Waals surface area contributed by atoms with Crippen molar-refractivity contribution in [3.63, 3.8) is 0 Å². The molecule has 0 aliphatic carbocycles. The first-order valence-electron chi connectivity index (χ1n) is 8.76. The number of carbonyl (C=O) groups is 2. The zero-order chi connectivity index (χ0) is 20.4. The number of benzene rings is 2. The van der Waals surface area contributed by atoms with Gasteiger partial charge >= 0.3 is 0 Å². The van der Waals surface area contributed by atoms with E-state index in [1.807, 2.05) is 0 Å². The van der Waals surface area contributed by atoms with Crippen molar-refractivity contribution < 1.29 is 23.1 Å². The molecule has 7 heteroatoms. The molecular formula is C22H16FNO4S. The molecule has 0 unspecified atom stereocenters. The third kappa shape index (κ3) is 3.69. The van der Waals surface area contributed by atoms with Crippen molar-refractivity contribution >= 4 is 34.8 Å². The maximum absolute atomic E-state index is 13.7. The highest BCUT2D eigenvalue weighted by molar-refractivity contribution is 8.03. The second kappa shape index (κ2) is 7.97. The van der Waals surface area contributed by atoms with Gasteiger partial charge in [-0.05, 0) is 48.0 Å². The van der Waals surface area contributed by atoms with Gasteiger partial charge in [0.1, 0.15) is 17.3 Å². The Kier molecular flexibility index (Phi) is 5.22. The van der Waals surface area contributed by atoms with Gasteiger partial charge in [0.2, 0.25) is 0 Å². The molecule has 146 valence electrons. The molecule has 0 saturated carbocycles. The van der Waals surface area contributed by atoms with Gasteiger partial charge in [-0.1, -0.05) is 18.2 Å². The van der Waals surface area contributed by atoms with E-state index in [0.717, 1.165) is 4.90 Å². The minimum Gasteiger partial charge on any atom is -0.497 e. The molecule has 0 radical (unpaired) electrons. The molecule has 3 aromatic rings. The molecular weight excluding hydrogens is 393 g/mol. The van der Waals surface area contributed by atoms with Crippen LogP contribution < -0.4 is 9.64 Å². The molecule has 2 heterocycles. The van der Waals surface area contributed by atoms with E-state index in [1.54, 1.807) is 49.8 Å². The Bertz CT molecular complexity index is 1090. The predicted octanol–water partition coefficient (Wildman–Crippen LogP) is 4.65. The van der Waals surface area contributed by atoms with Gasteiger partial charge in [0.15, 0.2) is 0 Å². The summed E-state index contributed by atoms with van der Waals surface area (Å²) in [6.07, 6.45) is 1.55. The number of anilines is 1. The monoisotopic (exact) mass is 409 g/mol. The summed E-state index contributed by atoms with van der Waals surface area (Å²) in [5, 5.41) is 0. The molecule has 0 saturated heterocycles. The molecule has 0 atom stereocenters. The van der Waals surface area contributed by atoms with E-state index in [4.69, 9.17) is 9.15 Å². The third-order valence-electron chi connectivity index (χ3n) is 4.43. The molecule has 1 aliphatic rings. The lowest BCUT2D eigenvalue weighted by atomic mass is 10.1. The largest absolute Gasteiger partial charge is 0.497 e. The average Bonchev–Trinajstić information content (AvgIpc) is 3.32. The summed E-state index contributed by atoms with van der Waals surface area (Å²) in [4.78, 5) is 27.7. The van der Waals surface area contributed by atoms with Crippen LogP contribution in [0.25, 0.3) is 5.57 Å². The number of halogens is 1. The van der Waals surface area contributed by atoms with E-state index < -0.39 is 17.6 Å². The predicted molar refractivity (Wildman–Crippen MR) is 109 cm³/mol. The second-order valence-corrected chi connectivity index (χ2v) is 7.21. The number of hydrogen-bond donors (Lipinski definition) is 0. The summed E-state index contributed by atoms with van der Waals surface area (Å²) in [6, 6.07) is 15.9. The molecule has 0 N–H and O–H groups in total. The summed E-state index contributed by atoms with van der Waals surface area (Å²) < 4.78 is 24.2. The molecule has 0 bridgehead atoms. The van der Waals surface area contributed by atoms with Gasteiger partial charge in [-0.25, -0.2) is 9.29 Å². The molecule has 0 spiro atoms. The van der Waals surface area contributed by atoms with E-state index in [9.17, 15) is 14.0 Å². The number of rotatable bonds is 6. The molecule has 0 fully saturated rings. The summed E-state index contributed by atoms with van der Waals surface area (Å²) in [5.41, 5.74) is 1.06. The lowest BCUT2D eigenvalue weighted by Gasteiger charge is -2.15. The molecule has 29 heavy (non-hydrogen) atoms. The third-order valence-corrected chi connectivity index (χ3v) is 5.52. The van der Waals surface area contributed by atoms with Crippen LogP contribution >= 0.6 is 11.8 Å².